The third kappa shape index (κ3) is 10.2. The quantitative estimate of drug-likeness (QED) is 0.361. The number of rotatable bonds is 15. The summed E-state index contributed by atoms with van der Waals surface area (Å²) in [5.41, 5.74) is 2.47. The first-order chi connectivity index (χ1) is 12.9. The lowest BCUT2D eigenvalue weighted by atomic mass is 10.3. The van der Waals surface area contributed by atoms with E-state index in [1.165, 1.54) is 11.1 Å². The summed E-state index contributed by atoms with van der Waals surface area (Å²) in [6.45, 7) is 7.98. The van der Waals surface area contributed by atoms with Crippen molar-refractivity contribution in [1.29, 1.82) is 0 Å². The third-order valence-electron chi connectivity index (χ3n) is 4.00. The number of hydrogen-bond donors (Lipinski definition) is 4. The molecule has 0 radical (unpaired) electrons. The van der Waals surface area contributed by atoms with Crippen LogP contribution in [0.5, 0.6) is 0 Å². The van der Waals surface area contributed by atoms with E-state index in [0.29, 0.717) is 0 Å². The van der Waals surface area contributed by atoms with Crippen molar-refractivity contribution < 1.29 is 0 Å². The van der Waals surface area contributed by atoms with Gasteiger partial charge in [0.1, 0.15) is 0 Å². The van der Waals surface area contributed by atoms with Crippen molar-refractivity contribution in [2.24, 2.45) is 0 Å². The van der Waals surface area contributed by atoms with E-state index in [0.717, 1.165) is 65.2 Å². The maximum Gasteiger partial charge on any atom is 0.0312 e. The number of aromatic nitrogens is 2. The molecule has 0 aliphatic heterocycles. The standard InChI is InChI=1S/C20H32N6/c1-5-19(15-23-7-1)17-25-11-3-9-21-13-14-22-10-4-12-26-18-20-6-2-8-24-16-20/h1-2,5-8,15-16,21-22,25-26H,3-4,9-14,17-18H2. The van der Waals surface area contributed by atoms with Crippen molar-refractivity contribution in [3.63, 3.8) is 0 Å². The van der Waals surface area contributed by atoms with Gasteiger partial charge in [0.15, 0.2) is 0 Å². The van der Waals surface area contributed by atoms with E-state index in [1.807, 2.05) is 24.5 Å². The molecule has 2 aromatic rings. The highest BCUT2D eigenvalue weighted by Gasteiger charge is 1.94. The fraction of sp³-hybridized carbons (Fsp3) is 0.500. The Hall–Kier alpha value is -1.86. The second-order valence-corrected chi connectivity index (χ2v) is 6.28. The van der Waals surface area contributed by atoms with Gasteiger partial charge in [0, 0.05) is 51.0 Å². The van der Waals surface area contributed by atoms with Gasteiger partial charge in [-0.15, -0.1) is 0 Å². The summed E-state index contributed by atoms with van der Waals surface area (Å²) in [6.07, 6.45) is 9.70. The zero-order chi connectivity index (χ0) is 18.1. The lowest BCUT2D eigenvalue weighted by molar-refractivity contribution is 0.555. The summed E-state index contributed by atoms with van der Waals surface area (Å²) in [7, 11) is 0. The first-order valence-electron chi connectivity index (χ1n) is 9.56. The van der Waals surface area contributed by atoms with Crippen LogP contribution in [0.3, 0.4) is 0 Å². The molecule has 0 aromatic carbocycles. The van der Waals surface area contributed by atoms with Crippen LogP contribution in [0.15, 0.2) is 49.1 Å². The van der Waals surface area contributed by atoms with Crippen LogP contribution in [0.4, 0.5) is 0 Å². The molecule has 0 fully saturated rings. The predicted molar refractivity (Wildman–Crippen MR) is 107 cm³/mol. The molecule has 2 aromatic heterocycles. The monoisotopic (exact) mass is 356 g/mol. The highest BCUT2D eigenvalue weighted by Crippen LogP contribution is 1.94. The normalized spacial score (nSPS) is 10.9. The summed E-state index contributed by atoms with van der Waals surface area (Å²) >= 11 is 0. The van der Waals surface area contributed by atoms with Gasteiger partial charge in [0.05, 0.1) is 0 Å². The largest absolute Gasteiger partial charge is 0.315 e. The topological polar surface area (TPSA) is 73.9 Å². The second-order valence-electron chi connectivity index (χ2n) is 6.28. The smallest absolute Gasteiger partial charge is 0.0312 e. The van der Waals surface area contributed by atoms with Gasteiger partial charge < -0.3 is 21.3 Å². The van der Waals surface area contributed by atoms with Crippen molar-refractivity contribution in [3.8, 4) is 0 Å². The summed E-state index contributed by atoms with van der Waals surface area (Å²) in [6, 6.07) is 8.14. The van der Waals surface area contributed by atoms with Gasteiger partial charge in [-0.25, -0.2) is 0 Å². The molecule has 0 amide bonds. The Bertz CT molecular complexity index is 497. The number of pyridine rings is 2. The van der Waals surface area contributed by atoms with E-state index in [-0.39, 0.29) is 0 Å². The third-order valence-corrected chi connectivity index (χ3v) is 4.00. The van der Waals surface area contributed by atoms with Gasteiger partial charge in [0.2, 0.25) is 0 Å². The SMILES string of the molecule is c1cncc(CNCCCNCCNCCCNCc2cccnc2)c1. The van der Waals surface area contributed by atoms with Crippen LogP contribution >= 0.6 is 0 Å². The van der Waals surface area contributed by atoms with Gasteiger partial charge >= 0.3 is 0 Å². The highest BCUT2D eigenvalue weighted by atomic mass is 14.9. The molecule has 0 unspecified atom stereocenters. The molecule has 2 heterocycles. The zero-order valence-corrected chi connectivity index (χ0v) is 15.6. The Kier molecular flexibility index (Phi) is 11.3. The molecule has 4 N–H and O–H groups in total. The van der Waals surface area contributed by atoms with Gasteiger partial charge in [-0.3, -0.25) is 9.97 Å². The van der Waals surface area contributed by atoms with E-state index in [4.69, 9.17) is 0 Å². The fourth-order valence-electron chi connectivity index (χ4n) is 2.57. The van der Waals surface area contributed by atoms with Crippen LogP contribution in [-0.2, 0) is 13.1 Å². The molecule has 0 spiro atoms. The van der Waals surface area contributed by atoms with E-state index < -0.39 is 0 Å². The molecule has 2 rings (SSSR count). The van der Waals surface area contributed by atoms with Crippen LogP contribution in [0.1, 0.15) is 24.0 Å². The lowest BCUT2D eigenvalue weighted by Gasteiger charge is -2.08. The van der Waals surface area contributed by atoms with Crippen LogP contribution in [-0.4, -0.2) is 49.2 Å². The molecule has 0 atom stereocenters. The molecular formula is C20H32N6. The van der Waals surface area contributed by atoms with Gasteiger partial charge in [-0.1, -0.05) is 12.1 Å². The molecule has 142 valence electrons. The maximum atomic E-state index is 4.11. The van der Waals surface area contributed by atoms with E-state index in [2.05, 4.69) is 43.4 Å². The van der Waals surface area contributed by atoms with Crippen LogP contribution in [0, 0.1) is 0 Å². The zero-order valence-electron chi connectivity index (χ0n) is 15.6. The van der Waals surface area contributed by atoms with Crippen LogP contribution in [0.2, 0.25) is 0 Å². The molecular weight excluding hydrogens is 324 g/mol. The average molecular weight is 357 g/mol. The van der Waals surface area contributed by atoms with Crippen molar-refractivity contribution in [2.45, 2.75) is 25.9 Å². The molecule has 6 nitrogen and oxygen atoms in total. The van der Waals surface area contributed by atoms with Crippen LogP contribution in [0.25, 0.3) is 0 Å². The fourth-order valence-corrected chi connectivity index (χ4v) is 2.57. The Morgan fingerprint density at radius 2 is 1.04 bits per heavy atom. The summed E-state index contributed by atoms with van der Waals surface area (Å²) in [5.74, 6) is 0. The van der Waals surface area contributed by atoms with Gasteiger partial charge in [0.25, 0.3) is 0 Å². The number of hydrogen-bond acceptors (Lipinski definition) is 6. The molecule has 0 aliphatic carbocycles. The lowest BCUT2D eigenvalue weighted by Crippen LogP contribution is -2.30. The summed E-state index contributed by atoms with van der Waals surface area (Å²) < 4.78 is 0. The Morgan fingerprint density at radius 1 is 0.577 bits per heavy atom. The number of nitrogens with one attached hydrogen (secondary N) is 4. The van der Waals surface area contributed by atoms with Crippen molar-refractivity contribution in [1.82, 2.24) is 31.2 Å². The highest BCUT2D eigenvalue weighted by molar-refractivity contribution is 5.08. The second kappa shape index (κ2) is 14.3. The van der Waals surface area contributed by atoms with E-state index in [1.54, 1.807) is 12.4 Å². The minimum Gasteiger partial charge on any atom is -0.315 e. The number of nitrogens with zero attached hydrogens (tertiary/aromatic N) is 2. The van der Waals surface area contributed by atoms with Crippen molar-refractivity contribution >= 4 is 0 Å². The minimum atomic E-state index is 0.893. The molecule has 0 saturated carbocycles. The van der Waals surface area contributed by atoms with Gasteiger partial charge in [-0.2, -0.15) is 0 Å². The summed E-state index contributed by atoms with van der Waals surface area (Å²) in [5, 5.41) is 13.8. The molecule has 0 saturated heterocycles. The first-order valence-corrected chi connectivity index (χ1v) is 9.56. The molecule has 0 aliphatic rings. The Morgan fingerprint density at radius 3 is 1.46 bits per heavy atom. The minimum absolute atomic E-state index is 0.893. The Labute approximate surface area is 157 Å². The first kappa shape index (κ1) is 20.5. The predicted octanol–water partition coefficient (Wildman–Crippen LogP) is 1.32. The summed E-state index contributed by atoms with van der Waals surface area (Å²) in [4.78, 5) is 8.23. The van der Waals surface area contributed by atoms with Crippen molar-refractivity contribution in [2.75, 3.05) is 39.3 Å². The van der Waals surface area contributed by atoms with Crippen LogP contribution < -0.4 is 21.3 Å². The van der Waals surface area contributed by atoms with Crippen molar-refractivity contribution in [3.05, 3.63) is 60.2 Å². The molecule has 0 bridgehead atoms. The Balaban J connectivity index is 1.28. The molecule has 6 heteroatoms. The van der Waals surface area contributed by atoms with E-state index >= 15 is 0 Å². The molecule has 26 heavy (non-hydrogen) atoms. The maximum absolute atomic E-state index is 4.11. The van der Waals surface area contributed by atoms with E-state index in [9.17, 15) is 0 Å². The average Bonchev–Trinajstić information content (AvgIpc) is 2.70. The van der Waals surface area contributed by atoms with Gasteiger partial charge in [-0.05, 0) is 62.3 Å².